The maximum absolute atomic E-state index is 13.2. The number of benzene rings is 2. The summed E-state index contributed by atoms with van der Waals surface area (Å²) in [6, 6.07) is 20.0. The Hall–Kier alpha value is -3.25. The van der Waals surface area contributed by atoms with E-state index in [2.05, 4.69) is 5.10 Å². The second kappa shape index (κ2) is 7.17. The highest BCUT2D eigenvalue weighted by atomic mass is 19.1. The summed E-state index contributed by atoms with van der Waals surface area (Å²) in [7, 11) is 1.90. The maximum Gasteiger partial charge on any atom is 0.158 e. The highest BCUT2D eigenvalue weighted by Crippen LogP contribution is 2.27. The number of aliphatic hydroxyl groups excluding tert-OH is 1. The average Bonchev–Trinajstić information content (AvgIpc) is 3.12. The van der Waals surface area contributed by atoms with Crippen molar-refractivity contribution in [2.45, 2.75) is 0 Å². The van der Waals surface area contributed by atoms with Crippen LogP contribution in [0.5, 0.6) is 0 Å². The summed E-state index contributed by atoms with van der Waals surface area (Å²) in [6.45, 7) is 0.506. The van der Waals surface area contributed by atoms with E-state index in [-0.39, 0.29) is 12.4 Å². The molecule has 6 heteroatoms. The van der Waals surface area contributed by atoms with Gasteiger partial charge in [-0.25, -0.2) is 9.37 Å². The van der Waals surface area contributed by atoms with Crippen LogP contribution in [0.15, 0.2) is 66.7 Å². The van der Waals surface area contributed by atoms with Gasteiger partial charge in [0.15, 0.2) is 5.65 Å². The molecule has 136 valence electrons. The molecule has 0 fully saturated rings. The number of hydrogen-bond donors (Lipinski definition) is 1. The molecule has 4 rings (SSSR count). The first kappa shape index (κ1) is 17.2. The van der Waals surface area contributed by atoms with Crippen LogP contribution in [-0.2, 0) is 0 Å². The van der Waals surface area contributed by atoms with Crippen LogP contribution in [-0.4, -0.2) is 39.9 Å². The summed E-state index contributed by atoms with van der Waals surface area (Å²) >= 11 is 0. The van der Waals surface area contributed by atoms with E-state index in [1.807, 2.05) is 54.4 Å². The summed E-state index contributed by atoms with van der Waals surface area (Å²) in [5.41, 5.74) is 4.05. The van der Waals surface area contributed by atoms with Crippen molar-refractivity contribution in [3.05, 3.63) is 72.5 Å². The number of halogens is 1. The second-order valence-corrected chi connectivity index (χ2v) is 6.32. The fraction of sp³-hybridized carbons (Fsp3) is 0.143. The van der Waals surface area contributed by atoms with E-state index in [1.165, 1.54) is 12.1 Å². The van der Waals surface area contributed by atoms with Gasteiger partial charge in [-0.15, -0.1) is 0 Å². The number of anilines is 1. The molecule has 5 nitrogen and oxygen atoms in total. The van der Waals surface area contributed by atoms with Gasteiger partial charge in [0.05, 0.1) is 18.0 Å². The Morgan fingerprint density at radius 3 is 2.37 bits per heavy atom. The van der Waals surface area contributed by atoms with Crippen LogP contribution < -0.4 is 4.90 Å². The fourth-order valence-corrected chi connectivity index (χ4v) is 3.01. The van der Waals surface area contributed by atoms with Crippen LogP contribution in [0.3, 0.4) is 0 Å². The Morgan fingerprint density at radius 2 is 1.67 bits per heavy atom. The van der Waals surface area contributed by atoms with Gasteiger partial charge < -0.3 is 10.0 Å². The lowest BCUT2D eigenvalue weighted by Crippen LogP contribution is -2.24. The highest BCUT2D eigenvalue weighted by Gasteiger charge is 2.14. The van der Waals surface area contributed by atoms with E-state index < -0.39 is 0 Å². The molecule has 2 aromatic carbocycles. The average molecular weight is 362 g/mol. The van der Waals surface area contributed by atoms with Crippen molar-refractivity contribution in [2.24, 2.45) is 0 Å². The molecule has 27 heavy (non-hydrogen) atoms. The monoisotopic (exact) mass is 362 g/mol. The molecule has 0 saturated carbocycles. The van der Waals surface area contributed by atoms with Crippen LogP contribution in [0.1, 0.15) is 0 Å². The van der Waals surface area contributed by atoms with E-state index in [4.69, 9.17) is 4.98 Å². The Morgan fingerprint density at radius 1 is 0.963 bits per heavy atom. The van der Waals surface area contributed by atoms with Crippen LogP contribution in [0.4, 0.5) is 10.2 Å². The second-order valence-electron chi connectivity index (χ2n) is 6.32. The fourth-order valence-electron chi connectivity index (χ4n) is 3.01. The molecule has 0 aliphatic heterocycles. The van der Waals surface area contributed by atoms with Crippen LogP contribution >= 0.6 is 0 Å². The predicted octanol–water partition coefficient (Wildman–Crippen LogP) is 3.63. The van der Waals surface area contributed by atoms with E-state index >= 15 is 0 Å². The van der Waals surface area contributed by atoms with E-state index in [9.17, 15) is 9.50 Å². The molecule has 0 saturated heterocycles. The predicted molar refractivity (Wildman–Crippen MR) is 104 cm³/mol. The third kappa shape index (κ3) is 3.39. The quantitative estimate of drug-likeness (QED) is 0.589. The third-order valence-corrected chi connectivity index (χ3v) is 4.44. The van der Waals surface area contributed by atoms with Gasteiger partial charge in [-0.3, -0.25) is 0 Å². The molecule has 0 atom stereocenters. The maximum atomic E-state index is 13.2. The Balaban J connectivity index is 1.89. The minimum absolute atomic E-state index is 0.0348. The molecule has 0 aliphatic rings. The molecule has 1 N–H and O–H groups in total. The highest BCUT2D eigenvalue weighted by molar-refractivity contribution is 5.71. The van der Waals surface area contributed by atoms with Gasteiger partial charge >= 0.3 is 0 Å². The number of likely N-dealkylation sites (N-methyl/N-ethyl adjacent to an activating group) is 1. The summed E-state index contributed by atoms with van der Waals surface area (Å²) in [6.07, 6.45) is 0. The molecule has 0 bridgehead atoms. The van der Waals surface area contributed by atoms with Crippen molar-refractivity contribution in [2.75, 3.05) is 25.1 Å². The van der Waals surface area contributed by atoms with Gasteiger partial charge in [0.25, 0.3) is 0 Å². The number of aromatic nitrogens is 3. The molecule has 0 spiro atoms. The molecule has 0 unspecified atom stereocenters. The molecule has 2 heterocycles. The number of rotatable bonds is 5. The van der Waals surface area contributed by atoms with Gasteiger partial charge in [0.1, 0.15) is 11.6 Å². The van der Waals surface area contributed by atoms with Crippen molar-refractivity contribution in [3.63, 3.8) is 0 Å². The SMILES string of the molecule is CN(CCO)c1cc(-c2ccccc2)nc2cc(-c3ccc(F)cc3)nn12. The largest absolute Gasteiger partial charge is 0.395 e. The van der Waals surface area contributed by atoms with Crippen molar-refractivity contribution in [3.8, 4) is 22.5 Å². The lowest BCUT2D eigenvalue weighted by atomic mass is 10.1. The van der Waals surface area contributed by atoms with E-state index in [0.717, 1.165) is 22.6 Å². The lowest BCUT2D eigenvalue weighted by Gasteiger charge is -2.19. The zero-order valence-electron chi connectivity index (χ0n) is 14.9. The van der Waals surface area contributed by atoms with Crippen LogP contribution in [0.25, 0.3) is 28.2 Å². The number of aliphatic hydroxyl groups is 1. The number of fused-ring (bicyclic) bond motifs is 1. The Kier molecular flexibility index (Phi) is 4.56. The minimum atomic E-state index is -0.282. The zero-order valence-corrected chi connectivity index (χ0v) is 14.9. The topological polar surface area (TPSA) is 53.7 Å². The van der Waals surface area contributed by atoms with Crippen molar-refractivity contribution < 1.29 is 9.50 Å². The van der Waals surface area contributed by atoms with Crippen LogP contribution in [0.2, 0.25) is 0 Å². The zero-order chi connectivity index (χ0) is 18.8. The molecule has 0 amide bonds. The summed E-state index contributed by atoms with van der Waals surface area (Å²) in [5.74, 6) is 0.539. The van der Waals surface area contributed by atoms with Gasteiger partial charge in [-0.2, -0.15) is 9.61 Å². The lowest BCUT2D eigenvalue weighted by molar-refractivity contribution is 0.303. The van der Waals surface area contributed by atoms with Gasteiger partial charge in [0, 0.05) is 36.9 Å². The normalized spacial score (nSPS) is 11.1. The first-order chi connectivity index (χ1) is 13.2. The van der Waals surface area contributed by atoms with E-state index in [1.54, 1.807) is 16.6 Å². The third-order valence-electron chi connectivity index (χ3n) is 4.44. The first-order valence-corrected chi connectivity index (χ1v) is 8.70. The molecule has 2 aromatic heterocycles. The molecule has 4 aromatic rings. The van der Waals surface area contributed by atoms with Crippen LogP contribution in [0, 0.1) is 5.82 Å². The number of hydrogen-bond acceptors (Lipinski definition) is 4. The minimum Gasteiger partial charge on any atom is -0.395 e. The van der Waals surface area contributed by atoms with Crippen molar-refractivity contribution >= 4 is 11.5 Å². The van der Waals surface area contributed by atoms with Gasteiger partial charge in [0.2, 0.25) is 0 Å². The number of nitrogens with zero attached hydrogens (tertiary/aromatic N) is 4. The standard InChI is InChI=1S/C21H19FN4O/c1-25(11-12-27)21-14-18(15-5-3-2-4-6-15)23-20-13-19(24-26(20)21)16-7-9-17(22)10-8-16/h2-10,13-14,27H,11-12H2,1H3. The molecular formula is C21H19FN4O. The van der Waals surface area contributed by atoms with Crippen molar-refractivity contribution in [1.29, 1.82) is 0 Å². The molecule has 0 aliphatic carbocycles. The first-order valence-electron chi connectivity index (χ1n) is 8.70. The van der Waals surface area contributed by atoms with E-state index in [0.29, 0.717) is 17.9 Å². The van der Waals surface area contributed by atoms with Gasteiger partial charge in [-0.1, -0.05) is 30.3 Å². The summed E-state index contributed by atoms with van der Waals surface area (Å²) in [4.78, 5) is 6.68. The summed E-state index contributed by atoms with van der Waals surface area (Å²) in [5, 5.41) is 14.0. The Bertz CT molecular complexity index is 1060. The van der Waals surface area contributed by atoms with Gasteiger partial charge in [-0.05, 0) is 24.3 Å². The van der Waals surface area contributed by atoms with Crippen molar-refractivity contribution in [1.82, 2.24) is 14.6 Å². The smallest absolute Gasteiger partial charge is 0.158 e. The Labute approximate surface area is 156 Å². The molecule has 0 radical (unpaired) electrons. The molecular weight excluding hydrogens is 343 g/mol. The summed E-state index contributed by atoms with van der Waals surface area (Å²) < 4.78 is 15.0.